The molecule has 2 N–H and O–H groups in total. The lowest BCUT2D eigenvalue weighted by Gasteiger charge is -2.17. The van der Waals surface area contributed by atoms with Crippen LogP contribution in [0.3, 0.4) is 0 Å². The Morgan fingerprint density at radius 3 is 2.54 bits per heavy atom. The molecule has 0 fully saturated rings. The minimum atomic E-state index is -1.20. The van der Waals surface area contributed by atoms with Gasteiger partial charge in [-0.1, -0.05) is 56.0 Å². The lowest BCUT2D eigenvalue weighted by molar-refractivity contribution is -0.117. The van der Waals surface area contributed by atoms with Crippen molar-refractivity contribution in [1.82, 2.24) is 14.1 Å². The number of nitrogens with two attached hydrogens (primary N) is 1. The van der Waals surface area contributed by atoms with Gasteiger partial charge in [0.05, 0.1) is 28.5 Å². The number of para-hydroxylation sites is 1. The van der Waals surface area contributed by atoms with Crippen LogP contribution in [0.15, 0.2) is 78.0 Å². The molecule has 0 radical (unpaired) electrons. The van der Waals surface area contributed by atoms with Crippen molar-refractivity contribution >= 4 is 35.8 Å². The van der Waals surface area contributed by atoms with Crippen LogP contribution in [-0.4, -0.2) is 34.7 Å². The van der Waals surface area contributed by atoms with E-state index in [4.69, 9.17) is 10.5 Å². The van der Waals surface area contributed by atoms with Gasteiger partial charge in [-0.2, -0.15) is 0 Å². The second-order valence-corrected chi connectivity index (χ2v) is 16.8. The van der Waals surface area contributed by atoms with Crippen LogP contribution in [0.25, 0.3) is 38.6 Å². The molecule has 7 nitrogen and oxygen atoms in total. The third-order valence-corrected chi connectivity index (χ3v) is 8.83. The fourth-order valence-electron chi connectivity index (χ4n) is 5.03. The van der Waals surface area contributed by atoms with Crippen molar-refractivity contribution in [3.8, 4) is 16.8 Å². The molecule has 8 heteroatoms. The predicted molar refractivity (Wildman–Crippen MR) is 160 cm³/mol. The van der Waals surface area contributed by atoms with Gasteiger partial charge in [0.2, 0.25) is 5.91 Å². The normalized spacial score (nSPS) is 11.9. The van der Waals surface area contributed by atoms with E-state index in [2.05, 4.69) is 41.3 Å². The Morgan fingerprint density at radius 1 is 0.974 bits per heavy atom. The van der Waals surface area contributed by atoms with Crippen molar-refractivity contribution in [3.63, 3.8) is 0 Å². The van der Waals surface area contributed by atoms with E-state index in [1.165, 1.54) is 0 Å². The Hall–Kier alpha value is -4.01. The largest absolute Gasteiger partial charge is 0.369 e. The number of nitrogens with zero attached hydrogens (tertiary/aromatic N) is 3. The summed E-state index contributed by atoms with van der Waals surface area (Å²) in [6, 6.07) is 20.5. The van der Waals surface area contributed by atoms with Gasteiger partial charge in [0.25, 0.3) is 5.56 Å². The lowest BCUT2D eigenvalue weighted by Crippen LogP contribution is -2.22. The first kappa shape index (κ1) is 26.6. The Kier molecular flexibility index (Phi) is 7.25. The Labute approximate surface area is 228 Å². The van der Waals surface area contributed by atoms with Crippen LogP contribution in [0.4, 0.5) is 0 Å². The summed E-state index contributed by atoms with van der Waals surface area (Å²) in [5, 5.41) is 1.58. The molecule has 1 amide bonds. The van der Waals surface area contributed by atoms with Crippen molar-refractivity contribution < 1.29 is 9.53 Å². The first-order valence-electron chi connectivity index (χ1n) is 13.2. The predicted octanol–water partition coefficient (Wildman–Crippen LogP) is 5.66. The maximum absolute atomic E-state index is 13.3. The number of hydrogen-bond acceptors (Lipinski definition) is 4. The standard InChI is InChI=1S/C31H34N4O3Si/c1-21-23(9-7-11-28(21)35-19-33-27-10-6-5-8-26(27)31(35)37)24-13-12-22(18-29(32)36)30-25(24)14-15-34(30)20-38-16-17-39(2,3)4/h5-15,19H,16-18,20H2,1-4H3,(H2,32,36). The molecule has 0 atom stereocenters. The molecule has 0 aliphatic rings. The summed E-state index contributed by atoms with van der Waals surface area (Å²) in [7, 11) is -1.20. The van der Waals surface area contributed by atoms with Crippen molar-refractivity contribution in [3.05, 3.63) is 94.7 Å². The van der Waals surface area contributed by atoms with Gasteiger partial charge in [0.1, 0.15) is 13.1 Å². The Morgan fingerprint density at radius 2 is 1.77 bits per heavy atom. The van der Waals surface area contributed by atoms with Gasteiger partial charge in [-0.15, -0.1) is 0 Å². The molecule has 5 aromatic rings. The van der Waals surface area contributed by atoms with Crippen LogP contribution in [0, 0.1) is 6.92 Å². The van der Waals surface area contributed by atoms with Crippen LogP contribution in [0.1, 0.15) is 11.1 Å². The van der Waals surface area contributed by atoms with Crippen LogP contribution in [-0.2, 0) is 22.7 Å². The van der Waals surface area contributed by atoms with Gasteiger partial charge >= 0.3 is 0 Å². The van der Waals surface area contributed by atoms with Crippen molar-refractivity contribution in [2.24, 2.45) is 5.73 Å². The third kappa shape index (κ3) is 5.44. The maximum atomic E-state index is 13.3. The van der Waals surface area contributed by atoms with Gasteiger partial charge < -0.3 is 15.0 Å². The van der Waals surface area contributed by atoms with E-state index in [1.54, 1.807) is 17.0 Å². The maximum Gasteiger partial charge on any atom is 0.265 e. The monoisotopic (exact) mass is 538 g/mol. The number of amides is 1. The van der Waals surface area contributed by atoms with Crippen molar-refractivity contribution in [1.29, 1.82) is 0 Å². The topological polar surface area (TPSA) is 92.1 Å². The van der Waals surface area contributed by atoms with Gasteiger partial charge in [-0.05, 0) is 59.5 Å². The fraction of sp³-hybridized carbons (Fsp3) is 0.258. The molecule has 39 heavy (non-hydrogen) atoms. The zero-order valence-electron chi connectivity index (χ0n) is 22.9. The lowest BCUT2D eigenvalue weighted by atomic mass is 9.94. The molecule has 5 rings (SSSR count). The molecule has 0 aliphatic carbocycles. The number of carbonyl (C=O) groups is 1. The number of aromatic nitrogens is 3. The van der Waals surface area contributed by atoms with Crippen molar-refractivity contribution in [2.45, 2.75) is 45.8 Å². The van der Waals surface area contributed by atoms with Crippen LogP contribution in [0.2, 0.25) is 25.7 Å². The van der Waals surface area contributed by atoms with E-state index in [0.717, 1.165) is 44.9 Å². The van der Waals surface area contributed by atoms with E-state index in [1.807, 2.05) is 55.6 Å². The third-order valence-electron chi connectivity index (χ3n) is 7.12. The molecule has 2 aromatic heterocycles. The molecule has 200 valence electrons. The van der Waals surface area contributed by atoms with Crippen LogP contribution < -0.4 is 11.3 Å². The SMILES string of the molecule is Cc1c(-c2ccc(CC(N)=O)c3c2ccn3COCC[Si](C)(C)C)cccc1-n1cnc2ccccc2c1=O. The highest BCUT2D eigenvalue weighted by atomic mass is 28.3. The highest BCUT2D eigenvalue weighted by molar-refractivity contribution is 6.76. The van der Waals surface area contributed by atoms with E-state index in [0.29, 0.717) is 24.2 Å². The second kappa shape index (κ2) is 10.6. The second-order valence-electron chi connectivity index (χ2n) is 11.2. The number of ether oxygens (including phenoxy) is 1. The quantitative estimate of drug-likeness (QED) is 0.194. The molecule has 0 saturated heterocycles. The Balaban J connectivity index is 1.59. The average molecular weight is 539 g/mol. The van der Waals surface area contributed by atoms with Crippen molar-refractivity contribution in [2.75, 3.05) is 6.61 Å². The van der Waals surface area contributed by atoms with Gasteiger partial charge in [0, 0.05) is 26.3 Å². The van der Waals surface area contributed by atoms with Crippen LogP contribution in [0.5, 0.6) is 0 Å². The number of rotatable bonds is 9. The first-order chi connectivity index (χ1) is 18.6. The summed E-state index contributed by atoms with van der Waals surface area (Å²) >= 11 is 0. The summed E-state index contributed by atoms with van der Waals surface area (Å²) < 4.78 is 9.72. The smallest absolute Gasteiger partial charge is 0.265 e. The summed E-state index contributed by atoms with van der Waals surface area (Å²) in [5.41, 5.74) is 11.7. The summed E-state index contributed by atoms with van der Waals surface area (Å²) in [6.07, 6.45) is 3.74. The van der Waals surface area contributed by atoms with Gasteiger partial charge in [0.15, 0.2) is 0 Å². The van der Waals surface area contributed by atoms with Gasteiger partial charge in [-0.25, -0.2) is 4.98 Å². The summed E-state index contributed by atoms with van der Waals surface area (Å²) in [5.74, 6) is -0.377. The number of fused-ring (bicyclic) bond motifs is 2. The van der Waals surface area contributed by atoms with E-state index >= 15 is 0 Å². The minimum absolute atomic E-state index is 0.107. The first-order valence-corrected chi connectivity index (χ1v) is 16.9. The zero-order valence-corrected chi connectivity index (χ0v) is 23.9. The molecule has 0 aliphatic heterocycles. The van der Waals surface area contributed by atoms with Crippen LogP contribution >= 0.6 is 0 Å². The van der Waals surface area contributed by atoms with E-state index < -0.39 is 8.07 Å². The highest BCUT2D eigenvalue weighted by Crippen LogP contribution is 2.35. The Bertz CT molecular complexity index is 1750. The molecule has 0 spiro atoms. The van der Waals surface area contributed by atoms with Gasteiger partial charge in [-0.3, -0.25) is 14.2 Å². The molecular weight excluding hydrogens is 504 g/mol. The molecule has 2 heterocycles. The van der Waals surface area contributed by atoms with E-state index in [9.17, 15) is 9.59 Å². The number of carbonyl (C=O) groups excluding carboxylic acids is 1. The zero-order chi connectivity index (χ0) is 27.7. The molecule has 0 saturated carbocycles. The van der Waals surface area contributed by atoms with E-state index in [-0.39, 0.29) is 17.9 Å². The fourth-order valence-corrected chi connectivity index (χ4v) is 5.79. The number of primary amides is 1. The highest BCUT2D eigenvalue weighted by Gasteiger charge is 2.18. The number of hydrogen-bond donors (Lipinski definition) is 1. The molecule has 3 aromatic carbocycles. The number of benzene rings is 3. The summed E-state index contributed by atoms with van der Waals surface area (Å²) in [4.78, 5) is 29.8. The minimum Gasteiger partial charge on any atom is -0.369 e. The molecule has 0 bridgehead atoms. The summed E-state index contributed by atoms with van der Waals surface area (Å²) in [6.45, 7) is 10.1. The molecule has 0 unspecified atom stereocenters. The average Bonchev–Trinajstić information content (AvgIpc) is 3.32. The molecular formula is C31H34N4O3Si.